The Labute approximate surface area is 189 Å². The van der Waals surface area contributed by atoms with Crippen LogP contribution in [0.1, 0.15) is 51.7 Å². The molecule has 0 saturated heterocycles. The van der Waals surface area contributed by atoms with Crippen molar-refractivity contribution >= 4 is 35.0 Å². The van der Waals surface area contributed by atoms with Gasteiger partial charge in [-0.2, -0.15) is 0 Å². The topological polar surface area (TPSA) is 49.4 Å². The summed E-state index contributed by atoms with van der Waals surface area (Å²) in [7, 11) is 0. The fourth-order valence-corrected chi connectivity index (χ4v) is 3.74. The van der Waals surface area contributed by atoms with Crippen molar-refractivity contribution in [3.63, 3.8) is 0 Å². The van der Waals surface area contributed by atoms with Crippen LogP contribution in [0.2, 0.25) is 10.0 Å². The summed E-state index contributed by atoms with van der Waals surface area (Å²) in [5, 5.41) is 3.99. The molecule has 0 aliphatic carbocycles. The number of carbonyl (C=O) groups excluding carboxylic acids is 2. The number of nitrogens with zero attached hydrogens (tertiary/aromatic N) is 1. The highest BCUT2D eigenvalue weighted by molar-refractivity contribution is 6.36. The smallest absolute Gasteiger partial charge is 0.243 e. The maximum absolute atomic E-state index is 13.3. The van der Waals surface area contributed by atoms with E-state index in [1.54, 1.807) is 23.1 Å². The van der Waals surface area contributed by atoms with Crippen molar-refractivity contribution in [1.82, 2.24) is 10.2 Å². The van der Waals surface area contributed by atoms with Gasteiger partial charge in [0.15, 0.2) is 0 Å². The lowest BCUT2D eigenvalue weighted by molar-refractivity contribution is -0.142. The highest BCUT2D eigenvalue weighted by Crippen LogP contribution is 2.27. The predicted octanol–water partition coefficient (Wildman–Crippen LogP) is 5.65. The molecule has 1 atom stereocenters. The van der Waals surface area contributed by atoms with Crippen molar-refractivity contribution in [3.8, 4) is 0 Å². The van der Waals surface area contributed by atoms with Gasteiger partial charge in [0.2, 0.25) is 11.8 Å². The number of rotatable bonds is 8. The molecule has 0 spiro atoms. The maximum Gasteiger partial charge on any atom is 0.243 e. The average Bonchev–Trinajstić information content (AvgIpc) is 2.66. The van der Waals surface area contributed by atoms with Gasteiger partial charge in [-0.15, -0.1) is 0 Å². The Balaban J connectivity index is 2.47. The zero-order chi connectivity index (χ0) is 22.3. The largest absolute Gasteiger partial charge is 0.350 e. The third-order valence-corrected chi connectivity index (χ3v) is 5.33. The normalized spacial score (nSPS) is 12.3. The maximum atomic E-state index is 13.3. The summed E-state index contributed by atoms with van der Waals surface area (Å²) in [6.45, 7) is 7.89. The van der Waals surface area contributed by atoms with E-state index >= 15 is 0 Å². The van der Waals surface area contributed by atoms with Gasteiger partial charge >= 0.3 is 0 Å². The lowest BCUT2D eigenvalue weighted by atomic mass is 10.00. The molecule has 0 unspecified atom stereocenters. The van der Waals surface area contributed by atoms with Gasteiger partial charge < -0.3 is 10.2 Å². The van der Waals surface area contributed by atoms with Crippen LogP contribution in [-0.4, -0.2) is 28.3 Å². The minimum absolute atomic E-state index is 0.0986. The molecule has 0 saturated carbocycles. The molecule has 2 amide bonds. The standard InChI is InChI=1S/C24H30Cl2N2O2/c1-5-10-22(29)28(16-18-19(25)13-9-14-20(18)26)21(23(30)27-24(2,3)4)15-17-11-7-6-8-12-17/h6-9,11-14,21H,5,10,15-16H2,1-4H3,(H,27,30)/t21-/m1/s1. The zero-order valence-electron chi connectivity index (χ0n) is 18.0. The van der Waals surface area contributed by atoms with Crippen LogP contribution in [0.15, 0.2) is 48.5 Å². The first-order chi connectivity index (χ1) is 14.1. The molecule has 2 rings (SSSR count). The first-order valence-electron chi connectivity index (χ1n) is 10.2. The van der Waals surface area contributed by atoms with Crippen LogP contribution in [0, 0.1) is 0 Å². The summed E-state index contributed by atoms with van der Waals surface area (Å²) in [4.78, 5) is 28.0. The van der Waals surface area contributed by atoms with Gasteiger partial charge in [-0.25, -0.2) is 0 Å². The van der Waals surface area contributed by atoms with Crippen molar-refractivity contribution in [1.29, 1.82) is 0 Å². The summed E-state index contributed by atoms with van der Waals surface area (Å²) in [5.41, 5.74) is 1.20. The molecule has 0 radical (unpaired) electrons. The Hall–Kier alpha value is -2.04. The van der Waals surface area contributed by atoms with Gasteiger partial charge in [0.05, 0.1) is 0 Å². The van der Waals surface area contributed by atoms with Crippen molar-refractivity contribution in [2.75, 3.05) is 0 Å². The SMILES string of the molecule is CCCC(=O)N(Cc1c(Cl)cccc1Cl)[C@H](Cc1ccccc1)C(=O)NC(C)(C)C. The van der Waals surface area contributed by atoms with Crippen LogP contribution in [0.3, 0.4) is 0 Å². The number of hydrogen-bond donors (Lipinski definition) is 1. The predicted molar refractivity (Wildman–Crippen MR) is 124 cm³/mol. The van der Waals surface area contributed by atoms with E-state index in [2.05, 4.69) is 5.32 Å². The Morgan fingerprint density at radius 2 is 1.60 bits per heavy atom. The Kier molecular flexibility index (Phi) is 8.75. The minimum Gasteiger partial charge on any atom is -0.350 e. The van der Waals surface area contributed by atoms with Gasteiger partial charge in [0.25, 0.3) is 0 Å². The fourth-order valence-electron chi connectivity index (χ4n) is 3.22. The van der Waals surface area contributed by atoms with Gasteiger partial charge in [-0.1, -0.05) is 66.5 Å². The first-order valence-corrected chi connectivity index (χ1v) is 11.0. The van der Waals surface area contributed by atoms with Crippen molar-refractivity contribution in [3.05, 3.63) is 69.7 Å². The van der Waals surface area contributed by atoms with Crippen LogP contribution in [0.5, 0.6) is 0 Å². The molecule has 0 heterocycles. The Morgan fingerprint density at radius 3 is 2.13 bits per heavy atom. The lowest BCUT2D eigenvalue weighted by Crippen LogP contribution is -2.54. The summed E-state index contributed by atoms with van der Waals surface area (Å²) >= 11 is 12.8. The highest BCUT2D eigenvalue weighted by Gasteiger charge is 2.32. The summed E-state index contributed by atoms with van der Waals surface area (Å²) < 4.78 is 0. The minimum atomic E-state index is -0.682. The van der Waals surface area contributed by atoms with E-state index in [9.17, 15) is 9.59 Å². The van der Waals surface area contributed by atoms with Gasteiger partial charge in [-0.05, 0) is 44.9 Å². The highest BCUT2D eigenvalue weighted by atomic mass is 35.5. The summed E-state index contributed by atoms with van der Waals surface area (Å²) in [6, 6.07) is 14.3. The number of nitrogens with one attached hydrogen (secondary N) is 1. The molecule has 4 nitrogen and oxygen atoms in total. The number of amides is 2. The number of carbonyl (C=O) groups is 2. The van der Waals surface area contributed by atoms with Gasteiger partial charge in [-0.3, -0.25) is 9.59 Å². The number of halogens is 2. The quantitative estimate of drug-likeness (QED) is 0.566. The second-order valence-electron chi connectivity index (χ2n) is 8.42. The molecule has 6 heteroatoms. The molecule has 0 bridgehead atoms. The van der Waals surface area contributed by atoms with Crippen LogP contribution in [-0.2, 0) is 22.6 Å². The monoisotopic (exact) mass is 448 g/mol. The van der Waals surface area contributed by atoms with E-state index in [1.165, 1.54) is 0 Å². The molecule has 162 valence electrons. The molecule has 2 aromatic carbocycles. The third-order valence-electron chi connectivity index (χ3n) is 4.62. The molecule has 0 aromatic heterocycles. The van der Waals surface area contributed by atoms with Crippen molar-refractivity contribution < 1.29 is 9.59 Å². The van der Waals surface area contributed by atoms with Gasteiger partial charge in [0.1, 0.15) is 6.04 Å². The van der Waals surface area contributed by atoms with E-state index in [4.69, 9.17) is 23.2 Å². The summed E-state index contributed by atoms with van der Waals surface area (Å²) in [5.74, 6) is -0.294. The van der Waals surface area contributed by atoms with E-state index in [0.29, 0.717) is 34.9 Å². The van der Waals surface area contributed by atoms with Crippen LogP contribution >= 0.6 is 23.2 Å². The van der Waals surface area contributed by atoms with Gasteiger partial charge in [0, 0.05) is 40.5 Å². The zero-order valence-corrected chi connectivity index (χ0v) is 19.6. The van der Waals surface area contributed by atoms with Crippen molar-refractivity contribution in [2.45, 2.75) is 65.1 Å². The first kappa shape index (κ1) is 24.2. The number of benzene rings is 2. The molecular weight excluding hydrogens is 419 g/mol. The molecule has 0 aliphatic heterocycles. The molecule has 0 fully saturated rings. The average molecular weight is 449 g/mol. The molecule has 1 N–H and O–H groups in total. The van der Waals surface area contributed by atoms with E-state index < -0.39 is 11.6 Å². The molecular formula is C24H30Cl2N2O2. The van der Waals surface area contributed by atoms with Crippen LogP contribution < -0.4 is 5.32 Å². The second-order valence-corrected chi connectivity index (χ2v) is 9.23. The molecule has 2 aromatic rings. The van der Waals surface area contributed by atoms with Crippen molar-refractivity contribution in [2.24, 2.45) is 0 Å². The molecule has 0 aliphatic rings. The van der Waals surface area contributed by atoms with E-state index in [0.717, 1.165) is 5.56 Å². The Morgan fingerprint density at radius 1 is 1.00 bits per heavy atom. The summed E-state index contributed by atoms with van der Waals surface area (Å²) in [6.07, 6.45) is 1.43. The molecule has 30 heavy (non-hydrogen) atoms. The van der Waals surface area contributed by atoms with Crippen LogP contribution in [0.4, 0.5) is 0 Å². The Bertz CT molecular complexity index is 843. The van der Waals surface area contributed by atoms with Crippen LogP contribution in [0.25, 0.3) is 0 Å². The third kappa shape index (κ3) is 7.03. The lowest BCUT2D eigenvalue weighted by Gasteiger charge is -2.34. The van der Waals surface area contributed by atoms with E-state index in [-0.39, 0.29) is 18.4 Å². The fraction of sp³-hybridized carbons (Fsp3) is 0.417. The van der Waals surface area contributed by atoms with E-state index in [1.807, 2.05) is 58.0 Å². The number of hydrogen-bond acceptors (Lipinski definition) is 2. The second kappa shape index (κ2) is 10.8.